The number of ether oxygens (including phenoxy) is 1. The van der Waals surface area contributed by atoms with E-state index in [0.29, 0.717) is 19.0 Å². The fourth-order valence-electron chi connectivity index (χ4n) is 3.36. The zero-order valence-corrected chi connectivity index (χ0v) is 15.9. The van der Waals surface area contributed by atoms with Gasteiger partial charge in [0.15, 0.2) is 0 Å². The number of aromatic nitrogens is 1. The van der Waals surface area contributed by atoms with Crippen molar-refractivity contribution in [3.05, 3.63) is 84.6 Å². The summed E-state index contributed by atoms with van der Waals surface area (Å²) in [6.45, 7) is 3.20. The Hall–Kier alpha value is -3.34. The maximum absolute atomic E-state index is 13.4. The first kappa shape index (κ1) is 18.0. The lowest BCUT2D eigenvalue weighted by atomic mass is 10.2. The highest BCUT2D eigenvalue weighted by Crippen LogP contribution is 2.28. The molecule has 1 unspecified atom stereocenters. The third-order valence-electron chi connectivity index (χ3n) is 4.81. The highest BCUT2D eigenvalue weighted by Gasteiger charge is 2.32. The van der Waals surface area contributed by atoms with E-state index in [-0.39, 0.29) is 12.1 Å². The molecule has 2 heterocycles. The number of carbonyl (C=O) groups is 1. The zero-order valence-electron chi connectivity index (χ0n) is 15.9. The van der Waals surface area contributed by atoms with Crippen LogP contribution in [0.5, 0.6) is 5.88 Å². The number of benzene rings is 2. The summed E-state index contributed by atoms with van der Waals surface area (Å²) in [6, 6.07) is 23.3. The molecule has 0 saturated carbocycles. The van der Waals surface area contributed by atoms with E-state index < -0.39 is 0 Å². The van der Waals surface area contributed by atoms with E-state index in [1.165, 1.54) is 0 Å². The third kappa shape index (κ3) is 3.98. The normalized spacial score (nSPS) is 16.0. The van der Waals surface area contributed by atoms with Crippen LogP contribution >= 0.6 is 0 Å². The molecule has 4 rings (SSSR count). The maximum atomic E-state index is 13.4. The molecule has 3 aromatic rings. The lowest BCUT2D eigenvalue weighted by Crippen LogP contribution is -2.40. The summed E-state index contributed by atoms with van der Waals surface area (Å²) < 4.78 is 5.98. The predicted octanol–water partition coefficient (Wildman–Crippen LogP) is 4.80. The molecule has 0 bridgehead atoms. The largest absolute Gasteiger partial charge is 0.472 e. The van der Waals surface area contributed by atoms with Crippen LogP contribution in [-0.2, 0) is 0 Å². The Bertz CT molecular complexity index is 874. The third-order valence-corrected chi connectivity index (χ3v) is 4.81. The summed E-state index contributed by atoms with van der Waals surface area (Å²) in [5.74, 6) is 0.605. The number of hydrogen-bond donors (Lipinski definition) is 0. The molecule has 142 valence electrons. The smallest absolute Gasteiger partial charge is 0.329 e. The van der Waals surface area contributed by atoms with Gasteiger partial charge in [0.05, 0.1) is 17.9 Å². The van der Waals surface area contributed by atoms with Crippen LogP contribution in [0.15, 0.2) is 79.0 Å². The standard InChI is InChI=1S/C23H23N3O2/c1-18-12-13-22(24-16-18)28-21-14-15-25(17-21)23(27)26(19-8-4-2-5-9-19)20-10-6-3-7-11-20/h2-13,16,21H,14-15,17H2,1H3. The van der Waals surface area contributed by atoms with E-state index in [9.17, 15) is 4.79 Å². The molecule has 0 spiro atoms. The van der Waals surface area contributed by atoms with Gasteiger partial charge in [0.1, 0.15) is 6.10 Å². The Balaban J connectivity index is 1.51. The topological polar surface area (TPSA) is 45.7 Å². The van der Waals surface area contributed by atoms with E-state index in [2.05, 4.69) is 4.98 Å². The van der Waals surface area contributed by atoms with Crippen molar-refractivity contribution in [2.45, 2.75) is 19.4 Å². The van der Waals surface area contributed by atoms with Crippen molar-refractivity contribution in [1.82, 2.24) is 9.88 Å². The highest BCUT2D eigenvalue weighted by atomic mass is 16.5. The molecule has 1 atom stereocenters. The molecule has 2 aromatic carbocycles. The molecule has 2 amide bonds. The number of rotatable bonds is 4. The Kier molecular flexibility index (Phi) is 5.24. The van der Waals surface area contributed by atoms with Crippen LogP contribution in [0.3, 0.4) is 0 Å². The first-order chi connectivity index (χ1) is 13.7. The number of para-hydroxylation sites is 2. The van der Waals surface area contributed by atoms with Gasteiger partial charge in [-0.05, 0) is 36.8 Å². The fourth-order valence-corrected chi connectivity index (χ4v) is 3.36. The van der Waals surface area contributed by atoms with Crippen molar-refractivity contribution in [1.29, 1.82) is 0 Å². The van der Waals surface area contributed by atoms with Gasteiger partial charge in [-0.25, -0.2) is 9.78 Å². The Morgan fingerprint density at radius 3 is 2.21 bits per heavy atom. The lowest BCUT2D eigenvalue weighted by Gasteiger charge is -2.28. The highest BCUT2D eigenvalue weighted by molar-refractivity contribution is 5.99. The Morgan fingerprint density at radius 1 is 1.00 bits per heavy atom. The number of aryl methyl sites for hydroxylation is 1. The molecule has 1 fully saturated rings. The van der Waals surface area contributed by atoms with E-state index in [4.69, 9.17) is 4.74 Å². The van der Waals surface area contributed by atoms with Gasteiger partial charge in [-0.2, -0.15) is 0 Å². The Morgan fingerprint density at radius 2 is 1.64 bits per heavy atom. The Labute approximate surface area is 165 Å². The number of amides is 2. The number of carbonyl (C=O) groups excluding carboxylic acids is 1. The number of pyridine rings is 1. The van der Waals surface area contributed by atoms with Crippen LogP contribution in [0.25, 0.3) is 0 Å². The molecule has 1 saturated heterocycles. The minimum atomic E-state index is -0.0486. The first-order valence-corrected chi connectivity index (χ1v) is 9.49. The summed E-state index contributed by atoms with van der Waals surface area (Å²) in [4.78, 5) is 21.3. The molecule has 28 heavy (non-hydrogen) atoms. The quantitative estimate of drug-likeness (QED) is 0.660. The molecule has 1 aliphatic rings. The van der Waals surface area contributed by atoms with Gasteiger partial charge in [0.25, 0.3) is 0 Å². The van der Waals surface area contributed by atoms with Crippen LogP contribution in [0, 0.1) is 6.92 Å². The predicted molar refractivity (Wildman–Crippen MR) is 110 cm³/mol. The average Bonchev–Trinajstić information content (AvgIpc) is 3.20. The van der Waals surface area contributed by atoms with Crippen molar-refractivity contribution < 1.29 is 9.53 Å². The van der Waals surface area contributed by atoms with E-state index in [1.54, 1.807) is 11.1 Å². The minimum Gasteiger partial charge on any atom is -0.472 e. The second kappa shape index (κ2) is 8.13. The SMILES string of the molecule is Cc1ccc(OC2CCN(C(=O)N(c3ccccc3)c3ccccc3)C2)nc1. The van der Waals surface area contributed by atoms with Crippen molar-refractivity contribution in [3.8, 4) is 5.88 Å². The summed E-state index contributed by atoms with van der Waals surface area (Å²) >= 11 is 0. The van der Waals surface area contributed by atoms with Gasteiger partial charge >= 0.3 is 6.03 Å². The summed E-state index contributed by atoms with van der Waals surface area (Å²) in [7, 11) is 0. The summed E-state index contributed by atoms with van der Waals surface area (Å²) in [5.41, 5.74) is 2.79. The van der Waals surface area contributed by atoms with E-state index in [0.717, 1.165) is 23.4 Å². The minimum absolute atomic E-state index is 0.0413. The molecule has 1 aromatic heterocycles. The molecule has 0 aliphatic carbocycles. The second-order valence-corrected chi connectivity index (χ2v) is 6.94. The van der Waals surface area contributed by atoms with Crippen molar-refractivity contribution in [2.75, 3.05) is 18.0 Å². The summed E-state index contributed by atoms with van der Waals surface area (Å²) in [5, 5.41) is 0. The molecule has 0 radical (unpaired) electrons. The molecular weight excluding hydrogens is 350 g/mol. The van der Waals surface area contributed by atoms with E-state index in [1.807, 2.05) is 84.6 Å². The number of hydrogen-bond acceptors (Lipinski definition) is 3. The molecular formula is C23H23N3O2. The molecule has 1 aliphatic heterocycles. The number of likely N-dealkylation sites (tertiary alicyclic amines) is 1. The lowest BCUT2D eigenvalue weighted by molar-refractivity contribution is 0.188. The first-order valence-electron chi connectivity index (χ1n) is 9.49. The van der Waals surface area contributed by atoms with Crippen LogP contribution in [-0.4, -0.2) is 35.1 Å². The molecule has 0 N–H and O–H groups in total. The van der Waals surface area contributed by atoms with Gasteiger partial charge in [-0.1, -0.05) is 42.5 Å². The number of anilines is 2. The molecule has 5 nitrogen and oxygen atoms in total. The van der Waals surface area contributed by atoms with Gasteiger partial charge < -0.3 is 9.64 Å². The average molecular weight is 373 g/mol. The van der Waals surface area contributed by atoms with Gasteiger partial charge in [0, 0.05) is 25.2 Å². The van der Waals surface area contributed by atoms with E-state index >= 15 is 0 Å². The van der Waals surface area contributed by atoms with Gasteiger partial charge in [-0.3, -0.25) is 4.90 Å². The van der Waals surface area contributed by atoms with Crippen molar-refractivity contribution in [3.63, 3.8) is 0 Å². The van der Waals surface area contributed by atoms with Crippen molar-refractivity contribution in [2.24, 2.45) is 0 Å². The van der Waals surface area contributed by atoms with Crippen LogP contribution in [0.4, 0.5) is 16.2 Å². The van der Waals surface area contributed by atoms with Crippen LogP contribution in [0.1, 0.15) is 12.0 Å². The number of urea groups is 1. The monoisotopic (exact) mass is 373 g/mol. The van der Waals surface area contributed by atoms with Gasteiger partial charge in [0.2, 0.25) is 5.88 Å². The second-order valence-electron chi connectivity index (χ2n) is 6.94. The van der Waals surface area contributed by atoms with Crippen LogP contribution < -0.4 is 9.64 Å². The van der Waals surface area contributed by atoms with Crippen LogP contribution in [0.2, 0.25) is 0 Å². The summed E-state index contributed by atoms with van der Waals surface area (Å²) in [6.07, 6.45) is 2.53. The maximum Gasteiger partial charge on any atom is 0.329 e. The molecule has 5 heteroatoms. The van der Waals surface area contributed by atoms with Crippen molar-refractivity contribution >= 4 is 17.4 Å². The zero-order chi connectivity index (χ0) is 19.3. The van der Waals surface area contributed by atoms with Gasteiger partial charge in [-0.15, -0.1) is 0 Å². The fraction of sp³-hybridized carbons (Fsp3) is 0.217. The number of nitrogens with zero attached hydrogens (tertiary/aromatic N) is 3.